The minimum Gasteiger partial charge on any atom is -0.350 e. The third kappa shape index (κ3) is 3.88. The Labute approximate surface area is 136 Å². The lowest BCUT2D eigenvalue weighted by atomic mass is 9.96. The molecular formula is C17H25N5O. The highest BCUT2D eigenvalue weighted by Crippen LogP contribution is 2.26. The molecule has 0 saturated carbocycles. The second kappa shape index (κ2) is 6.28. The van der Waals surface area contributed by atoms with Gasteiger partial charge in [-0.3, -0.25) is 14.1 Å². The Bertz CT molecular complexity index is 680. The molecule has 2 aromatic heterocycles. The lowest BCUT2D eigenvalue weighted by molar-refractivity contribution is -0.123. The molecule has 0 atom stereocenters. The van der Waals surface area contributed by atoms with Gasteiger partial charge in [-0.05, 0) is 58.8 Å². The standard InChI is InChI=1S/C17H25N5O/c1-17(2,3)18-15(23)12-21-10-7-13(8-11-21)16-20-19-14-6-4-5-9-22(14)16/h4-6,9,13H,7-8,10-12H2,1-3H3,(H,18,23). The summed E-state index contributed by atoms with van der Waals surface area (Å²) < 4.78 is 2.08. The summed E-state index contributed by atoms with van der Waals surface area (Å²) in [5.74, 6) is 1.55. The molecule has 3 heterocycles. The molecule has 2 aromatic rings. The lowest BCUT2D eigenvalue weighted by Gasteiger charge is -2.31. The number of carbonyl (C=O) groups is 1. The van der Waals surface area contributed by atoms with Gasteiger partial charge >= 0.3 is 0 Å². The van der Waals surface area contributed by atoms with Crippen molar-refractivity contribution in [2.45, 2.75) is 45.1 Å². The molecule has 1 aliphatic heterocycles. The Balaban J connectivity index is 1.57. The molecule has 0 unspecified atom stereocenters. The fraction of sp³-hybridized carbons (Fsp3) is 0.588. The predicted octanol–water partition coefficient (Wildman–Crippen LogP) is 1.82. The number of hydrogen-bond acceptors (Lipinski definition) is 4. The van der Waals surface area contributed by atoms with E-state index < -0.39 is 0 Å². The van der Waals surface area contributed by atoms with Crippen molar-refractivity contribution in [2.24, 2.45) is 0 Å². The van der Waals surface area contributed by atoms with Crippen LogP contribution in [0.4, 0.5) is 0 Å². The van der Waals surface area contributed by atoms with Crippen LogP contribution in [0.3, 0.4) is 0 Å². The van der Waals surface area contributed by atoms with Gasteiger partial charge < -0.3 is 5.32 Å². The Morgan fingerprint density at radius 3 is 2.70 bits per heavy atom. The van der Waals surface area contributed by atoms with E-state index in [1.165, 1.54) is 0 Å². The van der Waals surface area contributed by atoms with Crippen LogP contribution in [0.2, 0.25) is 0 Å². The van der Waals surface area contributed by atoms with E-state index in [1.807, 2.05) is 45.2 Å². The van der Waals surface area contributed by atoms with E-state index in [0.29, 0.717) is 12.5 Å². The molecule has 1 aliphatic rings. The fourth-order valence-corrected chi connectivity index (χ4v) is 3.15. The van der Waals surface area contributed by atoms with Crippen LogP contribution >= 0.6 is 0 Å². The second-order valence-corrected chi connectivity index (χ2v) is 7.34. The van der Waals surface area contributed by atoms with Crippen LogP contribution in [0, 0.1) is 0 Å². The van der Waals surface area contributed by atoms with Gasteiger partial charge in [0.1, 0.15) is 5.82 Å². The molecule has 1 fully saturated rings. The summed E-state index contributed by atoms with van der Waals surface area (Å²) in [6.07, 6.45) is 4.05. The highest BCUT2D eigenvalue weighted by atomic mass is 16.2. The van der Waals surface area contributed by atoms with Crippen LogP contribution in [0.15, 0.2) is 24.4 Å². The van der Waals surface area contributed by atoms with Gasteiger partial charge in [0.15, 0.2) is 5.65 Å². The molecule has 6 nitrogen and oxygen atoms in total. The molecule has 124 valence electrons. The fourth-order valence-electron chi connectivity index (χ4n) is 3.15. The number of hydrogen-bond donors (Lipinski definition) is 1. The average molecular weight is 315 g/mol. The van der Waals surface area contributed by atoms with Crippen LogP contribution in [-0.2, 0) is 4.79 Å². The lowest BCUT2D eigenvalue weighted by Crippen LogP contribution is -2.47. The Kier molecular flexibility index (Phi) is 4.35. The molecule has 0 radical (unpaired) electrons. The van der Waals surface area contributed by atoms with E-state index in [9.17, 15) is 4.79 Å². The first-order valence-electron chi connectivity index (χ1n) is 8.25. The molecule has 0 aromatic carbocycles. The van der Waals surface area contributed by atoms with Gasteiger partial charge in [-0.2, -0.15) is 0 Å². The summed E-state index contributed by atoms with van der Waals surface area (Å²) >= 11 is 0. The SMILES string of the molecule is CC(C)(C)NC(=O)CN1CCC(c2nnc3ccccn23)CC1. The van der Waals surface area contributed by atoms with Gasteiger partial charge in [0, 0.05) is 17.7 Å². The number of amides is 1. The maximum atomic E-state index is 12.0. The third-order valence-corrected chi connectivity index (χ3v) is 4.17. The number of carbonyl (C=O) groups excluding carboxylic acids is 1. The van der Waals surface area contributed by atoms with Crippen molar-refractivity contribution in [3.05, 3.63) is 30.2 Å². The van der Waals surface area contributed by atoms with E-state index in [1.54, 1.807) is 0 Å². The number of rotatable bonds is 3. The molecule has 1 amide bonds. The van der Waals surface area contributed by atoms with Gasteiger partial charge in [-0.15, -0.1) is 10.2 Å². The summed E-state index contributed by atoms with van der Waals surface area (Å²) in [5, 5.41) is 11.6. The number of aromatic nitrogens is 3. The largest absolute Gasteiger partial charge is 0.350 e. The molecule has 1 N–H and O–H groups in total. The van der Waals surface area contributed by atoms with Gasteiger partial charge in [0.25, 0.3) is 0 Å². The monoisotopic (exact) mass is 315 g/mol. The van der Waals surface area contributed by atoms with Crippen molar-refractivity contribution >= 4 is 11.6 Å². The van der Waals surface area contributed by atoms with Crippen LogP contribution in [0.5, 0.6) is 0 Å². The van der Waals surface area contributed by atoms with E-state index in [4.69, 9.17) is 0 Å². The first kappa shape index (κ1) is 15.9. The molecule has 6 heteroatoms. The second-order valence-electron chi connectivity index (χ2n) is 7.34. The summed E-state index contributed by atoms with van der Waals surface area (Å²) in [5.41, 5.74) is 0.727. The number of nitrogens with one attached hydrogen (secondary N) is 1. The normalized spacial score (nSPS) is 17.5. The van der Waals surface area contributed by atoms with Gasteiger partial charge in [0.05, 0.1) is 6.54 Å². The van der Waals surface area contributed by atoms with Crippen molar-refractivity contribution in [3.8, 4) is 0 Å². The molecule has 0 bridgehead atoms. The quantitative estimate of drug-likeness (QED) is 0.938. The van der Waals surface area contributed by atoms with E-state index in [-0.39, 0.29) is 11.4 Å². The summed E-state index contributed by atoms with van der Waals surface area (Å²) in [6.45, 7) is 8.34. The number of pyridine rings is 1. The van der Waals surface area contributed by atoms with Crippen LogP contribution in [0.25, 0.3) is 5.65 Å². The number of piperidine rings is 1. The first-order valence-corrected chi connectivity index (χ1v) is 8.25. The highest BCUT2D eigenvalue weighted by molar-refractivity contribution is 5.78. The molecule has 3 rings (SSSR count). The summed E-state index contributed by atoms with van der Waals surface area (Å²) in [4.78, 5) is 14.3. The third-order valence-electron chi connectivity index (χ3n) is 4.17. The zero-order chi connectivity index (χ0) is 16.4. The van der Waals surface area contributed by atoms with Crippen LogP contribution in [0.1, 0.15) is 45.4 Å². The van der Waals surface area contributed by atoms with Gasteiger partial charge in [0.2, 0.25) is 5.91 Å². The molecule has 0 aliphatic carbocycles. The minimum atomic E-state index is -0.171. The van der Waals surface area contributed by atoms with E-state index in [2.05, 4.69) is 24.8 Å². The number of likely N-dealkylation sites (tertiary alicyclic amines) is 1. The maximum absolute atomic E-state index is 12.0. The smallest absolute Gasteiger partial charge is 0.234 e. The molecule has 0 spiro atoms. The molecular weight excluding hydrogens is 290 g/mol. The molecule has 1 saturated heterocycles. The Morgan fingerprint density at radius 1 is 1.26 bits per heavy atom. The topological polar surface area (TPSA) is 62.5 Å². The maximum Gasteiger partial charge on any atom is 0.234 e. The zero-order valence-corrected chi connectivity index (χ0v) is 14.1. The Morgan fingerprint density at radius 2 is 2.00 bits per heavy atom. The number of fused-ring (bicyclic) bond motifs is 1. The highest BCUT2D eigenvalue weighted by Gasteiger charge is 2.26. The average Bonchev–Trinajstić information content (AvgIpc) is 2.90. The number of nitrogens with zero attached hydrogens (tertiary/aromatic N) is 4. The summed E-state index contributed by atoms with van der Waals surface area (Å²) in [6, 6.07) is 5.96. The zero-order valence-electron chi connectivity index (χ0n) is 14.1. The predicted molar refractivity (Wildman–Crippen MR) is 89.3 cm³/mol. The van der Waals surface area contributed by atoms with E-state index >= 15 is 0 Å². The van der Waals surface area contributed by atoms with Crippen LogP contribution in [-0.4, -0.2) is 50.6 Å². The van der Waals surface area contributed by atoms with Crippen molar-refractivity contribution in [2.75, 3.05) is 19.6 Å². The Hall–Kier alpha value is -1.95. The van der Waals surface area contributed by atoms with E-state index in [0.717, 1.165) is 37.4 Å². The van der Waals surface area contributed by atoms with Gasteiger partial charge in [-0.25, -0.2) is 0 Å². The van der Waals surface area contributed by atoms with Crippen molar-refractivity contribution in [3.63, 3.8) is 0 Å². The van der Waals surface area contributed by atoms with Crippen LogP contribution < -0.4 is 5.32 Å². The summed E-state index contributed by atoms with van der Waals surface area (Å²) in [7, 11) is 0. The minimum absolute atomic E-state index is 0.101. The molecule has 23 heavy (non-hydrogen) atoms. The van der Waals surface area contributed by atoms with Crippen molar-refractivity contribution in [1.29, 1.82) is 0 Å². The van der Waals surface area contributed by atoms with Crippen molar-refractivity contribution in [1.82, 2.24) is 24.8 Å². The first-order chi connectivity index (χ1) is 10.9. The van der Waals surface area contributed by atoms with Gasteiger partial charge in [-0.1, -0.05) is 6.07 Å². The van der Waals surface area contributed by atoms with Crippen molar-refractivity contribution < 1.29 is 4.79 Å².